The number of benzene rings is 1. The number of pyridine rings is 1. The van der Waals surface area contributed by atoms with Gasteiger partial charge in [0.15, 0.2) is 11.6 Å². The van der Waals surface area contributed by atoms with Crippen molar-refractivity contribution in [1.29, 1.82) is 0 Å². The SMILES string of the molecule is C=C/C=C(N)\C(=C/N)C(=O)NC.Cc1cc(-c2cc(Cl)ccc2F)nc2c1OCCN2. The van der Waals surface area contributed by atoms with Crippen LogP contribution in [0.15, 0.2) is 60.5 Å². The predicted octanol–water partition coefficient (Wildman–Crippen LogP) is 3.26. The van der Waals surface area contributed by atoms with Gasteiger partial charge in [-0.3, -0.25) is 4.79 Å². The lowest BCUT2D eigenvalue weighted by Gasteiger charge is -2.21. The van der Waals surface area contributed by atoms with E-state index < -0.39 is 0 Å². The zero-order chi connectivity index (χ0) is 23.0. The lowest BCUT2D eigenvalue weighted by atomic mass is 10.1. The molecule has 1 aliphatic heterocycles. The summed E-state index contributed by atoms with van der Waals surface area (Å²) in [5.41, 5.74) is 13.1. The summed E-state index contributed by atoms with van der Waals surface area (Å²) in [6.45, 7) is 6.67. The summed E-state index contributed by atoms with van der Waals surface area (Å²) < 4.78 is 19.4. The summed E-state index contributed by atoms with van der Waals surface area (Å²) in [7, 11) is 1.51. The van der Waals surface area contributed by atoms with Crippen LogP contribution in [0.25, 0.3) is 11.3 Å². The smallest absolute Gasteiger partial charge is 0.254 e. The van der Waals surface area contributed by atoms with E-state index in [4.69, 9.17) is 27.8 Å². The highest BCUT2D eigenvalue weighted by atomic mass is 35.5. The van der Waals surface area contributed by atoms with Crippen LogP contribution in [0.1, 0.15) is 5.56 Å². The third-order valence-corrected chi connectivity index (χ3v) is 4.49. The number of hydrogen-bond donors (Lipinski definition) is 4. The predicted molar refractivity (Wildman–Crippen MR) is 122 cm³/mol. The lowest BCUT2D eigenvalue weighted by molar-refractivity contribution is -0.116. The minimum Gasteiger partial charge on any atom is -0.488 e. The van der Waals surface area contributed by atoms with Gasteiger partial charge < -0.3 is 26.8 Å². The number of ether oxygens (including phenoxy) is 1. The number of nitrogens with one attached hydrogen (secondary N) is 2. The number of nitrogens with two attached hydrogens (primary N) is 2. The molecule has 9 heteroatoms. The molecule has 164 valence electrons. The highest BCUT2D eigenvalue weighted by Gasteiger charge is 2.17. The van der Waals surface area contributed by atoms with Gasteiger partial charge in [0.2, 0.25) is 0 Å². The molecule has 0 unspecified atom stereocenters. The van der Waals surface area contributed by atoms with Gasteiger partial charge in [-0.15, -0.1) is 0 Å². The number of allylic oxidation sites excluding steroid dienone is 2. The Bertz CT molecular complexity index is 1040. The largest absolute Gasteiger partial charge is 0.488 e. The van der Waals surface area contributed by atoms with Crippen molar-refractivity contribution in [3.8, 4) is 17.0 Å². The number of aromatic nitrogens is 1. The van der Waals surface area contributed by atoms with Crippen LogP contribution in [0.5, 0.6) is 5.75 Å². The maximum Gasteiger partial charge on any atom is 0.254 e. The molecule has 0 aliphatic carbocycles. The summed E-state index contributed by atoms with van der Waals surface area (Å²) in [4.78, 5) is 15.5. The summed E-state index contributed by atoms with van der Waals surface area (Å²) >= 11 is 5.92. The molecule has 1 aromatic carbocycles. The number of likely N-dealkylation sites (N-methyl/N-ethyl adjacent to an activating group) is 1. The number of rotatable bonds is 4. The number of nitrogens with zero attached hydrogens (tertiary/aromatic N) is 1. The molecule has 7 nitrogen and oxygen atoms in total. The number of anilines is 1. The van der Waals surface area contributed by atoms with Crippen LogP contribution >= 0.6 is 11.6 Å². The van der Waals surface area contributed by atoms with Crippen LogP contribution in [0, 0.1) is 12.7 Å². The first-order valence-electron chi connectivity index (χ1n) is 9.38. The van der Waals surface area contributed by atoms with Crippen molar-refractivity contribution >= 4 is 23.3 Å². The van der Waals surface area contributed by atoms with E-state index in [0.717, 1.165) is 17.5 Å². The van der Waals surface area contributed by atoms with E-state index in [1.807, 2.05) is 6.92 Å². The summed E-state index contributed by atoms with van der Waals surface area (Å²) in [5.74, 6) is 0.735. The van der Waals surface area contributed by atoms with E-state index in [1.165, 1.54) is 31.3 Å². The fraction of sp³-hybridized carbons (Fsp3) is 0.182. The number of carbonyl (C=O) groups is 1. The molecule has 1 aliphatic rings. The van der Waals surface area contributed by atoms with E-state index in [9.17, 15) is 9.18 Å². The Labute approximate surface area is 185 Å². The van der Waals surface area contributed by atoms with Crippen LogP contribution in [0.3, 0.4) is 0 Å². The second-order valence-corrected chi connectivity index (χ2v) is 6.86. The number of carbonyl (C=O) groups excluding carboxylic acids is 1. The maximum atomic E-state index is 13.9. The quantitative estimate of drug-likeness (QED) is 0.424. The minimum absolute atomic E-state index is 0.248. The number of fused-ring (bicyclic) bond motifs is 1. The first kappa shape index (κ1) is 23.8. The molecule has 3 rings (SSSR count). The van der Waals surface area contributed by atoms with Crippen molar-refractivity contribution in [3.63, 3.8) is 0 Å². The Morgan fingerprint density at radius 3 is 2.81 bits per heavy atom. The molecule has 0 saturated heterocycles. The van der Waals surface area contributed by atoms with E-state index in [-0.39, 0.29) is 17.3 Å². The molecule has 0 atom stereocenters. The Balaban J connectivity index is 0.000000248. The van der Waals surface area contributed by atoms with Crippen molar-refractivity contribution < 1.29 is 13.9 Å². The van der Waals surface area contributed by atoms with Gasteiger partial charge in [0, 0.05) is 29.5 Å². The Morgan fingerprint density at radius 1 is 1.42 bits per heavy atom. The third kappa shape index (κ3) is 5.99. The fourth-order valence-electron chi connectivity index (χ4n) is 2.77. The monoisotopic (exact) mass is 445 g/mol. The first-order chi connectivity index (χ1) is 14.8. The van der Waals surface area contributed by atoms with Crippen LogP contribution in [-0.4, -0.2) is 31.1 Å². The lowest BCUT2D eigenvalue weighted by Crippen LogP contribution is -2.24. The molecule has 1 amide bonds. The minimum atomic E-state index is -0.340. The highest BCUT2D eigenvalue weighted by Crippen LogP contribution is 2.34. The zero-order valence-electron chi connectivity index (χ0n) is 17.3. The molecule has 0 bridgehead atoms. The van der Waals surface area contributed by atoms with E-state index in [1.54, 1.807) is 12.1 Å². The molecule has 0 saturated carbocycles. The van der Waals surface area contributed by atoms with Gasteiger partial charge in [-0.1, -0.05) is 24.3 Å². The van der Waals surface area contributed by atoms with Crippen molar-refractivity contribution in [2.75, 3.05) is 25.5 Å². The van der Waals surface area contributed by atoms with Gasteiger partial charge in [0.25, 0.3) is 5.91 Å². The molecule has 2 aromatic rings. The third-order valence-electron chi connectivity index (χ3n) is 4.25. The van der Waals surface area contributed by atoms with Crippen molar-refractivity contribution in [2.45, 2.75) is 6.92 Å². The van der Waals surface area contributed by atoms with Crippen LogP contribution in [0.2, 0.25) is 5.02 Å². The molecule has 0 spiro atoms. The molecule has 31 heavy (non-hydrogen) atoms. The van der Waals surface area contributed by atoms with Crippen LogP contribution in [0.4, 0.5) is 10.2 Å². The highest BCUT2D eigenvalue weighted by molar-refractivity contribution is 6.30. The summed E-state index contributed by atoms with van der Waals surface area (Å²) in [6, 6.07) is 6.25. The summed E-state index contributed by atoms with van der Waals surface area (Å²) in [6.07, 6.45) is 4.16. The van der Waals surface area contributed by atoms with Gasteiger partial charge in [-0.25, -0.2) is 9.37 Å². The van der Waals surface area contributed by atoms with Crippen LogP contribution in [-0.2, 0) is 4.79 Å². The van der Waals surface area contributed by atoms with Crippen molar-refractivity contribution in [3.05, 3.63) is 76.9 Å². The van der Waals surface area contributed by atoms with E-state index in [0.29, 0.717) is 40.9 Å². The van der Waals surface area contributed by atoms with Crippen LogP contribution < -0.4 is 26.8 Å². The Morgan fingerprint density at radius 2 is 2.16 bits per heavy atom. The van der Waals surface area contributed by atoms with Gasteiger partial charge >= 0.3 is 0 Å². The summed E-state index contributed by atoms with van der Waals surface area (Å²) in [5, 5.41) is 6.05. The second-order valence-electron chi connectivity index (χ2n) is 6.42. The molecule has 0 fully saturated rings. The number of halogens is 2. The van der Waals surface area contributed by atoms with Gasteiger partial charge in [-0.05, 0) is 42.8 Å². The fourth-order valence-corrected chi connectivity index (χ4v) is 2.94. The van der Waals surface area contributed by atoms with Gasteiger partial charge in [-0.2, -0.15) is 0 Å². The normalized spacial score (nSPS) is 13.0. The second kappa shape index (κ2) is 11.0. The van der Waals surface area contributed by atoms with E-state index >= 15 is 0 Å². The molecule has 6 N–H and O–H groups in total. The zero-order valence-corrected chi connectivity index (χ0v) is 18.1. The molecule has 1 aromatic heterocycles. The average molecular weight is 446 g/mol. The Hall–Kier alpha value is -3.52. The number of amides is 1. The molecular weight excluding hydrogens is 421 g/mol. The maximum absolute atomic E-state index is 13.9. The standard InChI is InChI=1S/C14H12ClFN2O.C8H13N3O/c1-8-6-12(10-7-9(15)2-3-11(10)16)18-14-13(8)19-5-4-17-14;1-3-4-7(10)6(5-9)8(12)11-2/h2-3,6-7H,4-5H2,1H3,(H,17,18);3-5H,1,9-10H2,2H3,(H,11,12)/b;6-5+,7-4+. The van der Waals surface area contributed by atoms with E-state index in [2.05, 4.69) is 22.2 Å². The number of aryl methyl sites for hydroxylation is 1. The van der Waals surface area contributed by atoms with Gasteiger partial charge in [0.05, 0.1) is 17.8 Å². The topological polar surface area (TPSA) is 115 Å². The Kier molecular flexibility index (Phi) is 8.45. The average Bonchev–Trinajstić information content (AvgIpc) is 2.76. The van der Waals surface area contributed by atoms with Crippen molar-refractivity contribution in [1.82, 2.24) is 10.3 Å². The number of hydrogen-bond acceptors (Lipinski definition) is 6. The van der Waals surface area contributed by atoms with Crippen molar-refractivity contribution in [2.24, 2.45) is 11.5 Å². The molecule has 0 radical (unpaired) electrons. The first-order valence-corrected chi connectivity index (χ1v) is 9.76. The molecular formula is C22H25ClFN5O2. The van der Waals surface area contributed by atoms with Gasteiger partial charge in [0.1, 0.15) is 12.4 Å². The molecule has 2 heterocycles.